The van der Waals surface area contributed by atoms with Crippen LogP contribution in [-0.4, -0.2) is 11.9 Å². The summed E-state index contributed by atoms with van der Waals surface area (Å²) in [6.45, 7) is 6.53. The molecule has 1 atom stereocenters. The quantitative estimate of drug-likeness (QED) is 0.852. The minimum Gasteiger partial charge on any atom is -0.353 e. The highest BCUT2D eigenvalue weighted by atomic mass is 32.1. The molecule has 0 aliphatic carbocycles. The standard InChI is InChI=1S/C18H23NOS/c1-14(19-17(20)12-16-10-7-11-21-16)13-18(2,3)15-8-5-4-6-9-15/h4-11,14H,12-13H2,1-3H3,(H,19,20). The van der Waals surface area contributed by atoms with E-state index in [1.54, 1.807) is 11.3 Å². The van der Waals surface area contributed by atoms with Crippen LogP contribution in [0.3, 0.4) is 0 Å². The van der Waals surface area contributed by atoms with Gasteiger partial charge in [0.15, 0.2) is 0 Å². The fraction of sp³-hybridized carbons (Fsp3) is 0.389. The van der Waals surface area contributed by atoms with Gasteiger partial charge in [0, 0.05) is 10.9 Å². The molecule has 3 heteroatoms. The van der Waals surface area contributed by atoms with Crippen molar-refractivity contribution in [1.82, 2.24) is 5.32 Å². The first-order valence-corrected chi connectivity index (χ1v) is 8.22. The maximum absolute atomic E-state index is 12.0. The Bertz CT molecular complexity index is 560. The second kappa shape index (κ2) is 6.90. The van der Waals surface area contributed by atoms with Crippen molar-refractivity contribution in [2.75, 3.05) is 0 Å². The first kappa shape index (κ1) is 15.8. The van der Waals surface area contributed by atoms with E-state index in [1.165, 1.54) is 5.56 Å². The third kappa shape index (κ3) is 4.71. The van der Waals surface area contributed by atoms with E-state index >= 15 is 0 Å². The number of carbonyl (C=O) groups is 1. The Kier molecular flexibility index (Phi) is 5.18. The topological polar surface area (TPSA) is 29.1 Å². The fourth-order valence-corrected chi connectivity index (χ4v) is 3.42. The SMILES string of the molecule is CC(CC(C)(C)c1ccccc1)NC(=O)Cc1cccs1. The zero-order valence-corrected chi connectivity index (χ0v) is 13.7. The third-order valence-corrected chi connectivity index (χ3v) is 4.57. The minimum atomic E-state index is 0.0525. The summed E-state index contributed by atoms with van der Waals surface area (Å²) in [5.41, 5.74) is 1.36. The molecule has 1 aromatic carbocycles. The molecular weight excluding hydrogens is 278 g/mol. The van der Waals surface area contributed by atoms with Crippen LogP contribution in [0.5, 0.6) is 0 Å². The molecule has 0 fully saturated rings. The average molecular weight is 301 g/mol. The Morgan fingerprint density at radius 2 is 1.90 bits per heavy atom. The zero-order valence-electron chi connectivity index (χ0n) is 12.9. The highest BCUT2D eigenvalue weighted by molar-refractivity contribution is 7.10. The Balaban J connectivity index is 1.89. The van der Waals surface area contributed by atoms with Gasteiger partial charge in [-0.25, -0.2) is 0 Å². The van der Waals surface area contributed by atoms with Gasteiger partial charge in [-0.1, -0.05) is 50.2 Å². The Labute approximate surface area is 131 Å². The van der Waals surface area contributed by atoms with Gasteiger partial charge in [0.05, 0.1) is 6.42 Å². The van der Waals surface area contributed by atoms with Crippen molar-refractivity contribution >= 4 is 17.2 Å². The van der Waals surface area contributed by atoms with Gasteiger partial charge in [0.2, 0.25) is 5.91 Å². The summed E-state index contributed by atoms with van der Waals surface area (Å²) < 4.78 is 0. The van der Waals surface area contributed by atoms with Crippen LogP contribution in [0.25, 0.3) is 0 Å². The predicted octanol–water partition coefficient (Wildman–Crippen LogP) is 4.16. The van der Waals surface area contributed by atoms with Crippen LogP contribution in [0.1, 0.15) is 37.6 Å². The lowest BCUT2D eigenvalue weighted by Gasteiger charge is -2.29. The van der Waals surface area contributed by atoms with Gasteiger partial charge in [0.1, 0.15) is 0 Å². The average Bonchev–Trinajstić information content (AvgIpc) is 2.91. The van der Waals surface area contributed by atoms with Crippen molar-refractivity contribution < 1.29 is 4.79 Å². The number of rotatable bonds is 6. The molecular formula is C18H23NOS. The summed E-state index contributed by atoms with van der Waals surface area (Å²) in [7, 11) is 0. The number of nitrogens with one attached hydrogen (secondary N) is 1. The van der Waals surface area contributed by atoms with Crippen LogP contribution in [0.15, 0.2) is 47.8 Å². The van der Waals surface area contributed by atoms with Gasteiger partial charge in [-0.15, -0.1) is 11.3 Å². The molecule has 2 rings (SSSR count). The van der Waals surface area contributed by atoms with E-state index in [-0.39, 0.29) is 17.4 Å². The van der Waals surface area contributed by atoms with Crippen LogP contribution < -0.4 is 5.32 Å². The molecule has 2 nitrogen and oxygen atoms in total. The summed E-state index contributed by atoms with van der Waals surface area (Å²) in [5.74, 6) is 0.105. The third-order valence-electron chi connectivity index (χ3n) is 3.69. The number of benzene rings is 1. The maximum atomic E-state index is 12.0. The molecule has 1 heterocycles. The van der Waals surface area contributed by atoms with Crippen LogP contribution in [0.2, 0.25) is 0 Å². The molecule has 0 aliphatic heterocycles. The Morgan fingerprint density at radius 3 is 2.52 bits per heavy atom. The van der Waals surface area contributed by atoms with E-state index in [2.05, 4.69) is 50.4 Å². The first-order valence-electron chi connectivity index (χ1n) is 7.34. The Hall–Kier alpha value is -1.61. The lowest BCUT2D eigenvalue weighted by atomic mass is 9.79. The summed E-state index contributed by atoms with van der Waals surface area (Å²) in [4.78, 5) is 13.2. The van der Waals surface area contributed by atoms with Crippen molar-refractivity contribution in [2.45, 2.75) is 45.1 Å². The molecule has 1 amide bonds. The number of amides is 1. The number of hydrogen-bond donors (Lipinski definition) is 1. The molecule has 0 saturated carbocycles. The largest absolute Gasteiger partial charge is 0.353 e. The number of thiophene rings is 1. The second-order valence-corrected chi connectivity index (χ2v) is 7.21. The van der Waals surface area contributed by atoms with Crippen LogP contribution in [0, 0.1) is 0 Å². The molecule has 21 heavy (non-hydrogen) atoms. The number of hydrogen-bond acceptors (Lipinski definition) is 2. The lowest BCUT2D eigenvalue weighted by molar-refractivity contribution is -0.121. The molecule has 1 unspecified atom stereocenters. The molecule has 0 spiro atoms. The van der Waals surface area contributed by atoms with E-state index in [1.807, 2.05) is 23.6 Å². The van der Waals surface area contributed by atoms with E-state index < -0.39 is 0 Å². The minimum absolute atomic E-state index is 0.0525. The molecule has 0 radical (unpaired) electrons. The van der Waals surface area contributed by atoms with Gasteiger partial charge in [-0.3, -0.25) is 4.79 Å². The fourth-order valence-electron chi connectivity index (χ4n) is 2.72. The van der Waals surface area contributed by atoms with Gasteiger partial charge >= 0.3 is 0 Å². The molecule has 1 N–H and O–H groups in total. The van der Waals surface area contributed by atoms with Crippen molar-refractivity contribution in [3.05, 3.63) is 58.3 Å². The summed E-state index contributed by atoms with van der Waals surface area (Å²) in [6, 6.07) is 14.6. The molecule has 0 aliphatic rings. The van der Waals surface area contributed by atoms with E-state index in [0.29, 0.717) is 6.42 Å². The molecule has 1 aromatic heterocycles. The van der Waals surface area contributed by atoms with Gasteiger partial charge in [-0.05, 0) is 35.8 Å². The first-order chi connectivity index (χ1) is 9.97. The number of carbonyl (C=O) groups excluding carboxylic acids is 1. The highest BCUT2D eigenvalue weighted by Gasteiger charge is 2.23. The van der Waals surface area contributed by atoms with Crippen LogP contribution in [-0.2, 0) is 16.6 Å². The zero-order chi connectivity index (χ0) is 15.3. The predicted molar refractivity (Wildman–Crippen MR) is 89.7 cm³/mol. The lowest BCUT2D eigenvalue weighted by Crippen LogP contribution is -2.37. The molecule has 112 valence electrons. The van der Waals surface area contributed by atoms with E-state index in [0.717, 1.165) is 11.3 Å². The molecule has 0 bridgehead atoms. The molecule has 0 saturated heterocycles. The van der Waals surface area contributed by atoms with Crippen molar-refractivity contribution in [1.29, 1.82) is 0 Å². The van der Waals surface area contributed by atoms with Crippen molar-refractivity contribution in [3.63, 3.8) is 0 Å². The Morgan fingerprint density at radius 1 is 1.19 bits per heavy atom. The van der Waals surface area contributed by atoms with Crippen LogP contribution in [0.4, 0.5) is 0 Å². The van der Waals surface area contributed by atoms with Gasteiger partial charge in [0.25, 0.3) is 0 Å². The van der Waals surface area contributed by atoms with Crippen molar-refractivity contribution in [2.24, 2.45) is 0 Å². The van der Waals surface area contributed by atoms with Gasteiger partial charge < -0.3 is 5.32 Å². The van der Waals surface area contributed by atoms with E-state index in [9.17, 15) is 4.79 Å². The van der Waals surface area contributed by atoms with Crippen LogP contribution >= 0.6 is 11.3 Å². The monoisotopic (exact) mass is 301 g/mol. The van der Waals surface area contributed by atoms with Gasteiger partial charge in [-0.2, -0.15) is 0 Å². The highest BCUT2D eigenvalue weighted by Crippen LogP contribution is 2.28. The summed E-state index contributed by atoms with van der Waals surface area (Å²) in [5, 5.41) is 5.12. The summed E-state index contributed by atoms with van der Waals surface area (Å²) in [6.07, 6.45) is 1.40. The van der Waals surface area contributed by atoms with E-state index in [4.69, 9.17) is 0 Å². The summed E-state index contributed by atoms with van der Waals surface area (Å²) >= 11 is 1.63. The normalized spacial score (nSPS) is 12.9. The smallest absolute Gasteiger partial charge is 0.225 e. The second-order valence-electron chi connectivity index (χ2n) is 6.18. The van der Waals surface area contributed by atoms with Crippen molar-refractivity contribution in [3.8, 4) is 0 Å². The molecule has 2 aromatic rings. The maximum Gasteiger partial charge on any atom is 0.225 e.